The van der Waals surface area contributed by atoms with Gasteiger partial charge in [-0.05, 0) is 24.3 Å². The molecule has 0 fully saturated rings. The van der Waals surface area contributed by atoms with Gasteiger partial charge in [0.05, 0.1) is 5.56 Å². The third kappa shape index (κ3) is 2.17. The van der Waals surface area contributed by atoms with Crippen molar-refractivity contribution in [2.45, 2.75) is 0 Å². The van der Waals surface area contributed by atoms with Gasteiger partial charge in [-0.3, -0.25) is 4.79 Å². The summed E-state index contributed by atoms with van der Waals surface area (Å²) >= 11 is 0. The van der Waals surface area contributed by atoms with E-state index in [1.54, 1.807) is 6.07 Å². The Hall–Kier alpha value is -2.15. The topological polar surface area (TPSA) is 52.9 Å². The first-order valence-electron chi connectivity index (χ1n) is 3.80. The van der Waals surface area contributed by atoms with E-state index in [9.17, 15) is 9.18 Å². The molecule has 0 bridgehead atoms. The molecule has 0 spiro atoms. The molecule has 14 heavy (non-hydrogen) atoms. The third-order valence-electron chi connectivity index (χ3n) is 1.54. The molecule has 70 valence electrons. The van der Waals surface area contributed by atoms with Crippen molar-refractivity contribution in [1.82, 2.24) is 0 Å². The van der Waals surface area contributed by atoms with E-state index in [0.29, 0.717) is 5.69 Å². The van der Waals surface area contributed by atoms with Crippen LogP contribution in [0, 0.1) is 17.1 Å². The van der Waals surface area contributed by atoms with E-state index >= 15 is 0 Å². The van der Waals surface area contributed by atoms with Crippen molar-refractivity contribution in [3.05, 3.63) is 42.2 Å². The molecule has 0 aliphatic rings. The molecule has 0 atom stereocenters. The van der Waals surface area contributed by atoms with Crippen molar-refractivity contribution < 1.29 is 9.18 Å². The number of rotatable bonds is 2. The first kappa shape index (κ1) is 9.93. The van der Waals surface area contributed by atoms with E-state index < -0.39 is 11.7 Å². The Bertz CT molecular complexity index is 421. The molecule has 0 aliphatic carbocycles. The van der Waals surface area contributed by atoms with Crippen LogP contribution in [0.15, 0.2) is 30.9 Å². The minimum Gasteiger partial charge on any atom is -0.322 e. The molecular formula is C10H7FN2O. The molecule has 0 aromatic heterocycles. The number of carbonyl (C=O) groups excluding carboxylic acids is 1. The van der Waals surface area contributed by atoms with E-state index in [0.717, 1.165) is 12.1 Å². The molecule has 1 amide bonds. The van der Waals surface area contributed by atoms with Crippen molar-refractivity contribution in [1.29, 1.82) is 5.26 Å². The largest absolute Gasteiger partial charge is 0.322 e. The van der Waals surface area contributed by atoms with E-state index in [1.165, 1.54) is 12.1 Å². The summed E-state index contributed by atoms with van der Waals surface area (Å²) in [4.78, 5) is 10.9. The van der Waals surface area contributed by atoms with E-state index in [1.807, 2.05) is 0 Å². The molecule has 3 nitrogen and oxygen atoms in total. The van der Waals surface area contributed by atoms with Gasteiger partial charge in [-0.2, -0.15) is 5.26 Å². The number of anilines is 1. The van der Waals surface area contributed by atoms with Crippen molar-refractivity contribution in [3.63, 3.8) is 0 Å². The fourth-order valence-electron chi connectivity index (χ4n) is 0.882. The Kier molecular flexibility index (Phi) is 2.97. The standard InChI is InChI=1S/C10H7FN2O/c1-2-10(14)13-8-3-4-9(11)7(5-8)6-12/h2-5H,1H2,(H,13,14). The highest BCUT2D eigenvalue weighted by Gasteiger charge is 2.03. The number of carbonyl (C=O) groups is 1. The number of nitrogens with one attached hydrogen (secondary N) is 1. The first-order valence-corrected chi connectivity index (χ1v) is 3.80. The molecule has 0 saturated heterocycles. The van der Waals surface area contributed by atoms with Gasteiger partial charge < -0.3 is 5.32 Å². The summed E-state index contributed by atoms with van der Waals surface area (Å²) < 4.78 is 12.8. The molecule has 0 heterocycles. The summed E-state index contributed by atoms with van der Waals surface area (Å²) in [6.45, 7) is 3.27. The van der Waals surface area contributed by atoms with Crippen molar-refractivity contribution in [2.75, 3.05) is 5.32 Å². The van der Waals surface area contributed by atoms with Crippen LogP contribution in [-0.2, 0) is 4.79 Å². The average Bonchev–Trinajstić information content (AvgIpc) is 2.20. The molecule has 1 aromatic carbocycles. The first-order chi connectivity index (χ1) is 6.67. The number of halogens is 1. The van der Waals surface area contributed by atoms with E-state index in [-0.39, 0.29) is 5.56 Å². The Morgan fingerprint density at radius 1 is 1.64 bits per heavy atom. The van der Waals surface area contributed by atoms with Crippen LogP contribution >= 0.6 is 0 Å². The average molecular weight is 190 g/mol. The second kappa shape index (κ2) is 4.19. The minimum absolute atomic E-state index is 0.105. The van der Waals surface area contributed by atoms with E-state index in [2.05, 4.69) is 11.9 Å². The molecule has 1 aromatic rings. The number of hydrogen-bond donors (Lipinski definition) is 1. The summed E-state index contributed by atoms with van der Waals surface area (Å²) in [5, 5.41) is 10.9. The number of nitrogens with zero attached hydrogens (tertiary/aromatic N) is 1. The maximum Gasteiger partial charge on any atom is 0.247 e. The molecule has 1 rings (SSSR count). The second-order valence-electron chi connectivity index (χ2n) is 2.50. The maximum atomic E-state index is 12.8. The zero-order chi connectivity index (χ0) is 10.6. The van der Waals surface area contributed by atoms with Gasteiger partial charge in [0.2, 0.25) is 5.91 Å². The van der Waals surface area contributed by atoms with Gasteiger partial charge in [-0.25, -0.2) is 4.39 Å². The summed E-state index contributed by atoms with van der Waals surface area (Å²) in [6.07, 6.45) is 1.09. The molecule has 0 unspecified atom stereocenters. The van der Waals surface area contributed by atoms with Crippen LogP contribution in [0.2, 0.25) is 0 Å². The Morgan fingerprint density at radius 2 is 2.36 bits per heavy atom. The van der Waals surface area contributed by atoms with Crippen LogP contribution in [0.1, 0.15) is 5.56 Å². The predicted molar refractivity (Wildman–Crippen MR) is 49.9 cm³/mol. The number of amides is 1. The fraction of sp³-hybridized carbons (Fsp3) is 0. The lowest BCUT2D eigenvalue weighted by atomic mass is 10.2. The highest BCUT2D eigenvalue weighted by Crippen LogP contribution is 2.13. The quantitative estimate of drug-likeness (QED) is 0.723. The minimum atomic E-state index is -0.607. The highest BCUT2D eigenvalue weighted by molar-refractivity contribution is 5.98. The summed E-state index contributed by atoms with van der Waals surface area (Å²) in [6, 6.07) is 5.43. The van der Waals surface area contributed by atoms with Crippen LogP contribution in [-0.4, -0.2) is 5.91 Å². The molecule has 0 saturated carbocycles. The molecular weight excluding hydrogens is 183 g/mol. The Balaban J connectivity index is 2.96. The van der Waals surface area contributed by atoms with Crippen LogP contribution in [0.4, 0.5) is 10.1 Å². The van der Waals surface area contributed by atoms with E-state index in [4.69, 9.17) is 5.26 Å². The molecule has 0 radical (unpaired) electrons. The Labute approximate surface area is 80.5 Å². The highest BCUT2D eigenvalue weighted by atomic mass is 19.1. The van der Waals surface area contributed by atoms with Crippen molar-refractivity contribution in [3.8, 4) is 6.07 Å². The number of nitriles is 1. The Morgan fingerprint density at radius 3 is 2.93 bits per heavy atom. The molecule has 4 heteroatoms. The molecule has 1 N–H and O–H groups in total. The van der Waals surface area contributed by atoms with Gasteiger partial charge in [0.25, 0.3) is 0 Å². The SMILES string of the molecule is C=CC(=O)Nc1ccc(F)c(C#N)c1. The fourth-order valence-corrected chi connectivity index (χ4v) is 0.882. The number of benzene rings is 1. The van der Waals surface area contributed by atoms with Crippen LogP contribution in [0.5, 0.6) is 0 Å². The normalized spacial score (nSPS) is 8.86. The smallest absolute Gasteiger partial charge is 0.247 e. The van der Waals surface area contributed by atoms with Gasteiger partial charge in [-0.15, -0.1) is 0 Å². The molecule has 0 aliphatic heterocycles. The third-order valence-corrected chi connectivity index (χ3v) is 1.54. The lowest BCUT2D eigenvalue weighted by Gasteiger charge is -2.02. The second-order valence-corrected chi connectivity index (χ2v) is 2.50. The zero-order valence-corrected chi connectivity index (χ0v) is 7.25. The zero-order valence-electron chi connectivity index (χ0n) is 7.25. The lowest BCUT2D eigenvalue weighted by Crippen LogP contribution is -2.07. The predicted octanol–water partition coefficient (Wildman–Crippen LogP) is 1.82. The number of hydrogen-bond acceptors (Lipinski definition) is 2. The lowest BCUT2D eigenvalue weighted by molar-refractivity contribution is -0.111. The van der Waals surface area contributed by atoms with Gasteiger partial charge in [0.1, 0.15) is 11.9 Å². The van der Waals surface area contributed by atoms with Gasteiger partial charge >= 0.3 is 0 Å². The van der Waals surface area contributed by atoms with Crippen molar-refractivity contribution >= 4 is 11.6 Å². The summed E-state index contributed by atoms with van der Waals surface area (Å²) in [7, 11) is 0. The van der Waals surface area contributed by atoms with Crippen LogP contribution in [0.25, 0.3) is 0 Å². The monoisotopic (exact) mass is 190 g/mol. The van der Waals surface area contributed by atoms with Gasteiger partial charge in [0, 0.05) is 5.69 Å². The maximum absolute atomic E-state index is 12.8. The van der Waals surface area contributed by atoms with Gasteiger partial charge in [-0.1, -0.05) is 6.58 Å². The van der Waals surface area contributed by atoms with Crippen LogP contribution < -0.4 is 5.32 Å². The summed E-state index contributed by atoms with van der Waals surface area (Å²) in [5.74, 6) is -1.01. The summed E-state index contributed by atoms with van der Waals surface area (Å²) in [5.41, 5.74) is 0.264. The van der Waals surface area contributed by atoms with Crippen molar-refractivity contribution in [2.24, 2.45) is 0 Å². The van der Waals surface area contributed by atoms with Gasteiger partial charge in [0.15, 0.2) is 0 Å². The van der Waals surface area contributed by atoms with Crippen LogP contribution in [0.3, 0.4) is 0 Å².